The van der Waals surface area contributed by atoms with E-state index in [1.807, 2.05) is 0 Å². The summed E-state index contributed by atoms with van der Waals surface area (Å²) in [7, 11) is -4.03. The third-order valence-corrected chi connectivity index (χ3v) is 5.69. The first-order chi connectivity index (χ1) is 15.8. The molecule has 0 spiro atoms. The van der Waals surface area contributed by atoms with Crippen LogP contribution >= 0.6 is 7.82 Å². The van der Waals surface area contributed by atoms with E-state index in [4.69, 9.17) is 18.3 Å². The van der Waals surface area contributed by atoms with Gasteiger partial charge in [0, 0.05) is 17.7 Å². The second-order valence-corrected chi connectivity index (χ2v) is 7.95. The van der Waals surface area contributed by atoms with E-state index in [0.29, 0.717) is 11.3 Å². The van der Waals surface area contributed by atoms with Gasteiger partial charge in [-0.15, -0.1) is 10.2 Å². The monoisotopic (exact) mass is 476 g/mol. The Kier molecular flexibility index (Phi) is 7.88. The highest BCUT2D eigenvalue weighted by atomic mass is 31.2. The van der Waals surface area contributed by atoms with Crippen LogP contribution in [0.4, 0.5) is 11.4 Å². The summed E-state index contributed by atoms with van der Waals surface area (Å²) >= 11 is 0. The number of hydrogen-bond acceptors (Lipinski definition) is 10. The largest absolute Gasteiger partial charge is 0.531 e. The van der Waals surface area contributed by atoms with Gasteiger partial charge in [-0.3, -0.25) is 24.0 Å². The van der Waals surface area contributed by atoms with Crippen LogP contribution in [0.5, 0.6) is 5.75 Å². The lowest BCUT2D eigenvalue weighted by Crippen LogP contribution is -2.17. The standard InChI is InChI=1S/C20H21N4O8P/c1-3-30-33(28,31-4-2)32-18(13-29-15-11-9-14(10-12-15)24(26)27)22-23-19-16-7-5-6-8-17(16)21-20(19)25/h5-12H,3-4,13H2,1-2H3,(H,21,23,25)/b22-18-. The van der Waals surface area contributed by atoms with Crippen LogP contribution in [-0.4, -0.2) is 42.3 Å². The Bertz CT molecular complexity index is 1120. The minimum atomic E-state index is -4.03. The Morgan fingerprint density at radius 1 is 1.09 bits per heavy atom. The number of hydrogen-bond donors (Lipinski definition) is 1. The minimum absolute atomic E-state index is 0.0321. The van der Waals surface area contributed by atoms with Crippen LogP contribution in [0.2, 0.25) is 0 Å². The van der Waals surface area contributed by atoms with Crippen LogP contribution in [-0.2, 0) is 22.9 Å². The fourth-order valence-corrected chi connectivity index (χ4v) is 3.89. The second kappa shape index (κ2) is 10.8. The van der Waals surface area contributed by atoms with Crippen molar-refractivity contribution in [3.63, 3.8) is 0 Å². The van der Waals surface area contributed by atoms with Gasteiger partial charge in [-0.05, 0) is 32.0 Å². The molecular formula is C20H21N4O8P. The lowest BCUT2D eigenvalue weighted by Gasteiger charge is -2.17. The average molecular weight is 476 g/mol. The molecule has 13 heteroatoms. The highest BCUT2D eigenvalue weighted by molar-refractivity contribution is 7.49. The fraction of sp³-hybridized carbons (Fsp3) is 0.250. The summed E-state index contributed by atoms with van der Waals surface area (Å²) in [6, 6.07) is 12.2. The molecule has 1 aliphatic rings. The summed E-state index contributed by atoms with van der Waals surface area (Å²) < 4.78 is 33.9. The van der Waals surface area contributed by atoms with E-state index in [1.165, 1.54) is 24.3 Å². The molecular weight excluding hydrogens is 455 g/mol. The molecule has 1 amide bonds. The topological polar surface area (TPSA) is 151 Å². The van der Waals surface area contributed by atoms with Crippen LogP contribution in [0.3, 0.4) is 0 Å². The molecule has 0 aliphatic carbocycles. The number of fused-ring (bicyclic) bond motifs is 1. The molecule has 1 heterocycles. The number of nitro benzene ring substituents is 1. The number of carbonyl (C=O) groups is 1. The molecule has 0 atom stereocenters. The first kappa shape index (κ1) is 24.1. The molecule has 2 aromatic rings. The van der Waals surface area contributed by atoms with E-state index in [1.54, 1.807) is 38.1 Å². The molecule has 0 saturated heterocycles. The van der Waals surface area contributed by atoms with E-state index >= 15 is 0 Å². The number of nitrogens with one attached hydrogen (secondary N) is 1. The Balaban J connectivity index is 1.87. The number of rotatable bonds is 10. The Hall–Kier alpha value is -3.60. The third kappa shape index (κ3) is 6.22. The van der Waals surface area contributed by atoms with Crippen molar-refractivity contribution in [3.05, 3.63) is 64.2 Å². The first-order valence-electron chi connectivity index (χ1n) is 9.86. The smallest absolute Gasteiger partial charge is 0.484 e. The summed E-state index contributed by atoms with van der Waals surface area (Å²) in [6.07, 6.45) is 0. The summed E-state index contributed by atoms with van der Waals surface area (Å²) in [5, 5.41) is 21.4. The van der Waals surface area contributed by atoms with Crippen LogP contribution in [0.25, 0.3) is 0 Å². The number of carbonyl (C=O) groups excluding carboxylic acids is 1. The maximum absolute atomic E-state index is 12.8. The SMILES string of the molecule is CCOP(=O)(OCC)O/C(COc1ccc([N+](=O)[O-])cc1)=N\N=C1/C(=O)Nc2ccccc21. The number of ether oxygens (including phenoxy) is 1. The number of amides is 1. The maximum Gasteiger partial charge on any atom is 0.531 e. The molecule has 0 aromatic heterocycles. The van der Waals surface area contributed by atoms with Gasteiger partial charge >= 0.3 is 7.82 Å². The summed E-state index contributed by atoms with van der Waals surface area (Å²) in [5.74, 6) is -0.493. The zero-order valence-electron chi connectivity index (χ0n) is 17.8. The molecule has 33 heavy (non-hydrogen) atoms. The zero-order chi connectivity index (χ0) is 23.8. The zero-order valence-corrected chi connectivity index (χ0v) is 18.7. The number of nitrogens with zero attached hydrogens (tertiary/aromatic N) is 3. The first-order valence-corrected chi connectivity index (χ1v) is 11.3. The number of benzene rings is 2. The predicted molar refractivity (Wildman–Crippen MR) is 120 cm³/mol. The lowest BCUT2D eigenvalue weighted by molar-refractivity contribution is -0.384. The molecule has 0 fully saturated rings. The Labute approximate surface area is 189 Å². The number of anilines is 1. The molecule has 12 nitrogen and oxygen atoms in total. The van der Waals surface area contributed by atoms with Gasteiger partial charge in [0.2, 0.25) is 0 Å². The van der Waals surface area contributed by atoms with E-state index in [-0.39, 0.29) is 42.9 Å². The maximum atomic E-state index is 12.8. The van der Waals surface area contributed by atoms with Crippen molar-refractivity contribution in [2.45, 2.75) is 13.8 Å². The van der Waals surface area contributed by atoms with E-state index < -0.39 is 18.7 Å². The predicted octanol–water partition coefficient (Wildman–Crippen LogP) is 3.93. The number of non-ortho nitro benzene ring substituents is 1. The van der Waals surface area contributed by atoms with Crippen molar-refractivity contribution < 1.29 is 32.6 Å². The molecule has 0 saturated carbocycles. The average Bonchev–Trinajstić information content (AvgIpc) is 3.11. The van der Waals surface area contributed by atoms with Gasteiger partial charge in [0.05, 0.1) is 23.8 Å². The molecule has 2 aromatic carbocycles. The highest BCUT2D eigenvalue weighted by Gasteiger charge is 2.30. The van der Waals surface area contributed by atoms with Crippen molar-refractivity contribution >= 4 is 36.7 Å². The van der Waals surface area contributed by atoms with Crippen LogP contribution in [0.15, 0.2) is 58.7 Å². The molecule has 1 N–H and O–H groups in total. The van der Waals surface area contributed by atoms with Gasteiger partial charge in [0.25, 0.3) is 17.5 Å². The van der Waals surface area contributed by atoms with Crippen molar-refractivity contribution in [1.29, 1.82) is 0 Å². The summed E-state index contributed by atoms with van der Waals surface area (Å²) in [5.41, 5.74) is 1.04. The molecule has 1 aliphatic heterocycles. The van der Waals surface area contributed by atoms with Crippen molar-refractivity contribution in [2.75, 3.05) is 25.1 Å². The molecule has 0 unspecified atom stereocenters. The van der Waals surface area contributed by atoms with Crippen molar-refractivity contribution in [3.8, 4) is 5.75 Å². The quantitative estimate of drug-likeness (QED) is 0.178. The normalized spacial score (nSPS) is 14.7. The van der Waals surface area contributed by atoms with E-state index in [0.717, 1.165) is 0 Å². The van der Waals surface area contributed by atoms with Crippen LogP contribution in [0.1, 0.15) is 19.4 Å². The third-order valence-electron chi connectivity index (χ3n) is 4.11. The van der Waals surface area contributed by atoms with Gasteiger partial charge in [-0.2, -0.15) is 0 Å². The molecule has 174 valence electrons. The number of nitro groups is 1. The molecule has 0 bridgehead atoms. The van der Waals surface area contributed by atoms with E-state index in [9.17, 15) is 19.5 Å². The Morgan fingerprint density at radius 2 is 1.76 bits per heavy atom. The summed E-state index contributed by atoms with van der Waals surface area (Å²) in [6.45, 7) is 2.93. The summed E-state index contributed by atoms with van der Waals surface area (Å²) in [4.78, 5) is 22.5. The van der Waals surface area contributed by atoms with E-state index in [2.05, 4.69) is 15.5 Å². The van der Waals surface area contributed by atoms with Gasteiger partial charge in [0.15, 0.2) is 12.3 Å². The Morgan fingerprint density at radius 3 is 2.39 bits per heavy atom. The van der Waals surface area contributed by atoms with Crippen LogP contribution in [0, 0.1) is 10.1 Å². The van der Waals surface area contributed by atoms with Gasteiger partial charge in [0.1, 0.15) is 5.75 Å². The second-order valence-electron chi connectivity index (χ2n) is 6.36. The number of phosphoric acid groups is 1. The van der Waals surface area contributed by atoms with Gasteiger partial charge in [-0.25, -0.2) is 4.57 Å². The number of para-hydroxylation sites is 1. The fourth-order valence-electron chi connectivity index (χ4n) is 2.73. The molecule has 0 radical (unpaired) electrons. The van der Waals surface area contributed by atoms with Crippen molar-refractivity contribution in [2.24, 2.45) is 10.2 Å². The number of phosphoric ester groups is 1. The van der Waals surface area contributed by atoms with Crippen molar-refractivity contribution in [1.82, 2.24) is 0 Å². The lowest BCUT2D eigenvalue weighted by atomic mass is 10.1. The van der Waals surface area contributed by atoms with Crippen LogP contribution < -0.4 is 10.1 Å². The highest BCUT2D eigenvalue weighted by Crippen LogP contribution is 2.49. The van der Waals surface area contributed by atoms with Gasteiger partial charge in [-0.1, -0.05) is 18.2 Å². The minimum Gasteiger partial charge on any atom is -0.484 e. The molecule has 3 rings (SSSR count). The van der Waals surface area contributed by atoms with Gasteiger partial charge < -0.3 is 14.6 Å².